The van der Waals surface area contributed by atoms with Gasteiger partial charge < -0.3 is 19.6 Å². The Balaban J connectivity index is 1.65. The number of aliphatic hydroxyl groups excluding tert-OH is 1. The van der Waals surface area contributed by atoms with Gasteiger partial charge in [0, 0.05) is 0 Å². The molecule has 7 heteroatoms. The highest BCUT2D eigenvalue weighted by Crippen LogP contribution is 2.27. The molecule has 0 spiro atoms. The summed E-state index contributed by atoms with van der Waals surface area (Å²) < 4.78 is 10.7. The standard InChI is InChI=1S/C23H23N3O4/c1-14(2)16-9-8-15(3)10-21(16)29-13-22(28)30-12-20(27)17(11-24)23-25-18-6-4-5-7-19(18)26-23/h4-10,14,27H,12-13H2,1-3H3,(H,25,26)/b20-17-. The zero-order chi connectivity index (χ0) is 21.7. The number of aromatic nitrogens is 2. The van der Waals surface area contributed by atoms with Crippen molar-refractivity contribution in [2.45, 2.75) is 26.7 Å². The Bertz CT molecular complexity index is 1110. The molecular weight excluding hydrogens is 382 g/mol. The molecule has 0 atom stereocenters. The molecule has 3 rings (SSSR count). The molecule has 3 aromatic rings. The maximum Gasteiger partial charge on any atom is 0.344 e. The van der Waals surface area contributed by atoms with E-state index in [0.29, 0.717) is 11.3 Å². The van der Waals surface area contributed by atoms with Crippen LogP contribution in [0, 0.1) is 18.3 Å². The maximum absolute atomic E-state index is 12.1. The quantitative estimate of drug-likeness (QED) is 0.342. The summed E-state index contributed by atoms with van der Waals surface area (Å²) in [6.45, 7) is 5.27. The lowest BCUT2D eigenvalue weighted by molar-refractivity contribution is -0.145. The van der Waals surface area contributed by atoms with Crippen LogP contribution in [0.5, 0.6) is 5.75 Å². The fraction of sp³-hybridized carbons (Fsp3) is 0.261. The number of allylic oxidation sites excluding steroid dienone is 1. The van der Waals surface area contributed by atoms with Gasteiger partial charge in [0.05, 0.1) is 11.0 Å². The van der Waals surface area contributed by atoms with Gasteiger partial charge in [-0.2, -0.15) is 5.26 Å². The number of benzene rings is 2. The van der Waals surface area contributed by atoms with Crippen LogP contribution in [0.1, 0.15) is 36.7 Å². The Kier molecular flexibility index (Phi) is 6.38. The van der Waals surface area contributed by atoms with Gasteiger partial charge in [0.25, 0.3) is 0 Å². The van der Waals surface area contributed by atoms with E-state index in [0.717, 1.165) is 16.6 Å². The fourth-order valence-corrected chi connectivity index (χ4v) is 2.97. The van der Waals surface area contributed by atoms with Gasteiger partial charge in [-0.15, -0.1) is 0 Å². The fourth-order valence-electron chi connectivity index (χ4n) is 2.97. The van der Waals surface area contributed by atoms with Crippen LogP contribution in [0.2, 0.25) is 0 Å². The Morgan fingerprint density at radius 2 is 2.00 bits per heavy atom. The first-order valence-corrected chi connectivity index (χ1v) is 9.55. The number of ether oxygens (including phenoxy) is 2. The van der Waals surface area contributed by atoms with E-state index < -0.39 is 12.6 Å². The maximum atomic E-state index is 12.1. The summed E-state index contributed by atoms with van der Waals surface area (Å²) in [5, 5.41) is 19.7. The summed E-state index contributed by atoms with van der Waals surface area (Å²) in [4.78, 5) is 19.3. The third kappa shape index (κ3) is 4.78. The number of hydrogen-bond acceptors (Lipinski definition) is 6. The molecule has 0 unspecified atom stereocenters. The number of aryl methyl sites for hydroxylation is 1. The molecule has 154 valence electrons. The molecule has 0 saturated heterocycles. The van der Waals surface area contributed by atoms with E-state index >= 15 is 0 Å². The average molecular weight is 405 g/mol. The number of esters is 1. The highest BCUT2D eigenvalue weighted by Gasteiger charge is 2.16. The molecule has 0 aliphatic heterocycles. The summed E-state index contributed by atoms with van der Waals surface area (Å²) in [5.74, 6) is 0.0418. The molecular formula is C23H23N3O4. The third-order valence-corrected chi connectivity index (χ3v) is 4.53. The number of nitrogens with zero attached hydrogens (tertiary/aromatic N) is 2. The first-order valence-electron chi connectivity index (χ1n) is 9.55. The smallest absolute Gasteiger partial charge is 0.344 e. The van der Waals surface area contributed by atoms with Crippen molar-refractivity contribution in [2.24, 2.45) is 0 Å². The lowest BCUT2D eigenvalue weighted by Crippen LogP contribution is -2.17. The number of imidazole rings is 1. The number of para-hydroxylation sites is 2. The first kappa shape index (κ1) is 20.9. The predicted molar refractivity (Wildman–Crippen MR) is 113 cm³/mol. The number of aromatic amines is 1. The van der Waals surface area contributed by atoms with Gasteiger partial charge in [-0.3, -0.25) is 0 Å². The SMILES string of the molecule is Cc1ccc(C(C)C)c(OCC(=O)OC/C(O)=C(\C#N)c2nc3ccccc3[nH]2)c1. The van der Waals surface area contributed by atoms with Crippen LogP contribution < -0.4 is 4.74 Å². The van der Waals surface area contributed by atoms with Crippen molar-refractivity contribution in [1.29, 1.82) is 5.26 Å². The highest BCUT2D eigenvalue weighted by molar-refractivity contribution is 5.83. The lowest BCUT2D eigenvalue weighted by Gasteiger charge is -2.14. The normalized spacial score (nSPS) is 11.8. The van der Waals surface area contributed by atoms with Crippen LogP contribution >= 0.6 is 0 Å². The van der Waals surface area contributed by atoms with E-state index in [1.165, 1.54) is 0 Å². The average Bonchev–Trinajstić information content (AvgIpc) is 3.14. The van der Waals surface area contributed by atoms with E-state index in [4.69, 9.17) is 9.47 Å². The zero-order valence-electron chi connectivity index (χ0n) is 17.1. The molecule has 1 heterocycles. The minimum absolute atomic E-state index is 0.0827. The Morgan fingerprint density at radius 1 is 1.23 bits per heavy atom. The summed E-state index contributed by atoms with van der Waals surface area (Å²) >= 11 is 0. The molecule has 7 nitrogen and oxygen atoms in total. The number of rotatable bonds is 7. The number of carbonyl (C=O) groups is 1. The van der Waals surface area contributed by atoms with Crippen molar-refractivity contribution in [3.8, 4) is 11.8 Å². The number of H-pyrrole nitrogens is 1. The number of carbonyl (C=O) groups excluding carboxylic acids is 1. The molecule has 1 aromatic heterocycles. The molecule has 0 amide bonds. The topological polar surface area (TPSA) is 108 Å². The number of fused-ring (bicyclic) bond motifs is 1. The number of aliphatic hydroxyl groups is 1. The summed E-state index contributed by atoms with van der Waals surface area (Å²) in [7, 11) is 0. The van der Waals surface area contributed by atoms with Crippen LogP contribution in [0.4, 0.5) is 0 Å². The lowest BCUT2D eigenvalue weighted by atomic mass is 10.0. The van der Waals surface area contributed by atoms with Crippen LogP contribution in [-0.2, 0) is 9.53 Å². The Hall–Kier alpha value is -3.79. The number of nitrogens with one attached hydrogen (secondary N) is 1. The van der Waals surface area contributed by atoms with Crippen molar-refractivity contribution >= 4 is 22.6 Å². The molecule has 0 aliphatic rings. The Morgan fingerprint density at radius 3 is 2.70 bits per heavy atom. The minimum atomic E-state index is -0.653. The van der Waals surface area contributed by atoms with E-state index in [-0.39, 0.29) is 29.7 Å². The first-order chi connectivity index (χ1) is 14.4. The predicted octanol–water partition coefficient (Wildman–Crippen LogP) is 4.41. The van der Waals surface area contributed by atoms with Crippen molar-refractivity contribution in [3.63, 3.8) is 0 Å². The summed E-state index contributed by atoms with van der Waals surface area (Å²) in [6, 6.07) is 15.0. The van der Waals surface area contributed by atoms with Gasteiger partial charge in [-0.1, -0.05) is 38.1 Å². The third-order valence-electron chi connectivity index (χ3n) is 4.53. The Labute approximate surface area is 174 Å². The second-order valence-electron chi connectivity index (χ2n) is 7.18. The molecule has 30 heavy (non-hydrogen) atoms. The van der Waals surface area contributed by atoms with Crippen LogP contribution in [0.3, 0.4) is 0 Å². The molecule has 0 fully saturated rings. The zero-order valence-corrected chi connectivity index (χ0v) is 17.1. The second-order valence-corrected chi connectivity index (χ2v) is 7.18. The largest absolute Gasteiger partial charge is 0.507 e. The molecule has 0 aliphatic carbocycles. The van der Waals surface area contributed by atoms with E-state index in [1.54, 1.807) is 6.07 Å². The number of hydrogen-bond donors (Lipinski definition) is 2. The van der Waals surface area contributed by atoms with Gasteiger partial charge in [0.2, 0.25) is 0 Å². The van der Waals surface area contributed by atoms with Crippen molar-refractivity contribution in [2.75, 3.05) is 13.2 Å². The van der Waals surface area contributed by atoms with E-state index in [1.807, 2.05) is 63.2 Å². The second kappa shape index (κ2) is 9.14. The molecule has 0 bridgehead atoms. The van der Waals surface area contributed by atoms with Gasteiger partial charge in [-0.25, -0.2) is 9.78 Å². The van der Waals surface area contributed by atoms with E-state index in [2.05, 4.69) is 9.97 Å². The van der Waals surface area contributed by atoms with Gasteiger partial charge in [0.1, 0.15) is 24.0 Å². The number of nitriles is 1. The molecule has 0 saturated carbocycles. The molecule has 2 aromatic carbocycles. The van der Waals surface area contributed by atoms with Crippen LogP contribution in [0.25, 0.3) is 16.6 Å². The van der Waals surface area contributed by atoms with Gasteiger partial charge >= 0.3 is 5.97 Å². The van der Waals surface area contributed by atoms with Crippen molar-refractivity contribution < 1.29 is 19.4 Å². The van der Waals surface area contributed by atoms with Gasteiger partial charge in [0.15, 0.2) is 18.2 Å². The molecule has 0 radical (unpaired) electrons. The van der Waals surface area contributed by atoms with Crippen molar-refractivity contribution in [1.82, 2.24) is 9.97 Å². The van der Waals surface area contributed by atoms with Crippen LogP contribution in [-0.4, -0.2) is 34.3 Å². The van der Waals surface area contributed by atoms with Gasteiger partial charge in [-0.05, 0) is 42.2 Å². The summed E-state index contributed by atoms with van der Waals surface area (Å²) in [5.41, 5.74) is 3.33. The van der Waals surface area contributed by atoms with Crippen molar-refractivity contribution in [3.05, 3.63) is 65.2 Å². The minimum Gasteiger partial charge on any atom is -0.507 e. The monoisotopic (exact) mass is 405 g/mol. The van der Waals surface area contributed by atoms with E-state index in [9.17, 15) is 15.2 Å². The van der Waals surface area contributed by atoms with Crippen LogP contribution in [0.15, 0.2) is 48.2 Å². The highest BCUT2D eigenvalue weighted by atomic mass is 16.6. The molecule has 2 N–H and O–H groups in total. The summed E-state index contributed by atoms with van der Waals surface area (Å²) in [6.07, 6.45) is 0.